The van der Waals surface area contributed by atoms with Crippen LogP contribution in [0.4, 0.5) is 13.2 Å². The number of hydrogen-bond donors (Lipinski definition) is 0. The first-order valence-corrected chi connectivity index (χ1v) is 9.27. The van der Waals surface area contributed by atoms with Gasteiger partial charge in [0, 0.05) is 13.1 Å². The lowest BCUT2D eigenvalue weighted by molar-refractivity contribution is -0.137. The van der Waals surface area contributed by atoms with E-state index in [0.29, 0.717) is 13.2 Å². The maximum Gasteiger partial charge on any atom is 0.416 e. The average molecular weight is 377 g/mol. The molecule has 0 aromatic heterocycles. The van der Waals surface area contributed by atoms with Gasteiger partial charge in [0.15, 0.2) is 11.5 Å². The summed E-state index contributed by atoms with van der Waals surface area (Å²) >= 11 is 0. The molecular weight excluding hydrogens is 355 g/mol. The molecule has 3 nitrogen and oxygen atoms in total. The fourth-order valence-electron chi connectivity index (χ4n) is 3.90. The first-order valence-electron chi connectivity index (χ1n) is 9.27. The van der Waals surface area contributed by atoms with Gasteiger partial charge >= 0.3 is 6.18 Å². The molecule has 27 heavy (non-hydrogen) atoms. The highest BCUT2D eigenvalue weighted by Gasteiger charge is 2.32. The Hall–Kier alpha value is -2.21. The number of nitrogens with zero attached hydrogens (tertiary/aromatic N) is 1. The van der Waals surface area contributed by atoms with Crippen molar-refractivity contribution in [1.82, 2.24) is 4.90 Å². The standard InChI is InChI=1S/C21H22F3NO2/c22-21(23,24)17-7-3-5-15(11-17)16-6-4-10-25(12-16)13-18-14-26-19-8-1-2-9-20(19)27-18/h1-3,5,7-9,11,16,18H,4,6,10,12-14H2/t16-,18+/m1/s1. The number of halogens is 3. The van der Waals surface area contributed by atoms with Gasteiger partial charge in [0.1, 0.15) is 12.7 Å². The molecule has 0 bridgehead atoms. The van der Waals surface area contributed by atoms with E-state index in [9.17, 15) is 13.2 Å². The third-order valence-corrected chi connectivity index (χ3v) is 5.22. The summed E-state index contributed by atoms with van der Waals surface area (Å²) in [6, 6.07) is 13.3. The summed E-state index contributed by atoms with van der Waals surface area (Å²) in [5.41, 5.74) is 0.193. The summed E-state index contributed by atoms with van der Waals surface area (Å²) in [5, 5.41) is 0. The highest BCUT2D eigenvalue weighted by Crippen LogP contribution is 2.34. The number of hydrogen-bond acceptors (Lipinski definition) is 3. The molecule has 0 amide bonds. The molecule has 0 saturated carbocycles. The van der Waals surface area contributed by atoms with Gasteiger partial charge in [-0.15, -0.1) is 0 Å². The first-order chi connectivity index (χ1) is 13.0. The van der Waals surface area contributed by atoms with E-state index in [2.05, 4.69) is 4.90 Å². The van der Waals surface area contributed by atoms with Gasteiger partial charge in [-0.05, 0) is 49.1 Å². The molecule has 1 fully saturated rings. The van der Waals surface area contributed by atoms with E-state index in [4.69, 9.17) is 9.47 Å². The van der Waals surface area contributed by atoms with Crippen molar-refractivity contribution in [2.45, 2.75) is 31.0 Å². The molecule has 4 rings (SSSR count). The number of likely N-dealkylation sites (tertiary alicyclic amines) is 1. The van der Waals surface area contributed by atoms with E-state index in [0.717, 1.165) is 49.1 Å². The fourth-order valence-corrected chi connectivity index (χ4v) is 3.90. The van der Waals surface area contributed by atoms with Gasteiger partial charge in [0.2, 0.25) is 0 Å². The average Bonchev–Trinajstić information content (AvgIpc) is 2.68. The zero-order valence-electron chi connectivity index (χ0n) is 14.9. The molecule has 2 aromatic rings. The van der Waals surface area contributed by atoms with Crippen LogP contribution in [0.2, 0.25) is 0 Å². The molecule has 0 aliphatic carbocycles. The minimum Gasteiger partial charge on any atom is -0.486 e. The van der Waals surface area contributed by atoms with Crippen molar-refractivity contribution in [3.05, 3.63) is 59.7 Å². The maximum absolute atomic E-state index is 13.0. The second-order valence-corrected chi connectivity index (χ2v) is 7.22. The van der Waals surface area contributed by atoms with Crippen LogP contribution in [0.15, 0.2) is 48.5 Å². The van der Waals surface area contributed by atoms with Crippen molar-refractivity contribution >= 4 is 0 Å². The summed E-state index contributed by atoms with van der Waals surface area (Å²) in [6.45, 7) is 2.87. The molecule has 2 heterocycles. The van der Waals surface area contributed by atoms with Gasteiger partial charge in [-0.3, -0.25) is 4.90 Å². The molecule has 6 heteroatoms. The molecule has 0 N–H and O–H groups in total. The van der Waals surface area contributed by atoms with Crippen molar-refractivity contribution in [1.29, 1.82) is 0 Å². The van der Waals surface area contributed by atoms with E-state index >= 15 is 0 Å². The van der Waals surface area contributed by atoms with Gasteiger partial charge in [-0.2, -0.15) is 13.2 Å². The molecule has 2 atom stereocenters. The van der Waals surface area contributed by atoms with E-state index < -0.39 is 11.7 Å². The van der Waals surface area contributed by atoms with Crippen LogP contribution >= 0.6 is 0 Å². The second kappa shape index (κ2) is 7.43. The van der Waals surface area contributed by atoms with Crippen LogP contribution in [0.5, 0.6) is 11.5 Å². The highest BCUT2D eigenvalue weighted by atomic mass is 19.4. The third kappa shape index (κ3) is 4.21. The molecule has 0 unspecified atom stereocenters. The number of piperidine rings is 1. The Morgan fingerprint density at radius 2 is 1.85 bits per heavy atom. The van der Waals surface area contributed by atoms with Crippen molar-refractivity contribution in [2.75, 3.05) is 26.2 Å². The Kier molecular flexibility index (Phi) is 5.00. The minimum atomic E-state index is -4.30. The number of fused-ring (bicyclic) bond motifs is 1. The van der Waals surface area contributed by atoms with Gasteiger partial charge in [0.05, 0.1) is 5.56 Å². The Balaban J connectivity index is 1.40. The maximum atomic E-state index is 13.0. The zero-order valence-corrected chi connectivity index (χ0v) is 14.9. The molecule has 0 spiro atoms. The van der Waals surface area contributed by atoms with Gasteiger partial charge < -0.3 is 9.47 Å². The number of para-hydroxylation sites is 2. The number of alkyl halides is 3. The van der Waals surface area contributed by atoms with E-state index in [1.165, 1.54) is 12.1 Å². The number of benzene rings is 2. The van der Waals surface area contributed by atoms with E-state index in [1.807, 2.05) is 24.3 Å². The van der Waals surface area contributed by atoms with E-state index in [1.54, 1.807) is 6.07 Å². The SMILES string of the molecule is FC(F)(F)c1cccc([C@@H]2CCCN(C[C@H]3COc4ccccc4O3)C2)c1. The Labute approximate surface area is 156 Å². The summed E-state index contributed by atoms with van der Waals surface area (Å²) in [7, 11) is 0. The topological polar surface area (TPSA) is 21.7 Å². The van der Waals surface area contributed by atoms with E-state index in [-0.39, 0.29) is 12.0 Å². The summed E-state index contributed by atoms with van der Waals surface area (Å²) in [5.74, 6) is 1.62. The normalized spacial score (nSPS) is 23.2. The van der Waals surface area contributed by atoms with Gasteiger partial charge in [-0.25, -0.2) is 0 Å². The third-order valence-electron chi connectivity index (χ3n) is 5.22. The minimum absolute atomic E-state index is 0.0693. The van der Waals surface area contributed by atoms with Crippen LogP contribution in [0, 0.1) is 0 Å². The van der Waals surface area contributed by atoms with Crippen LogP contribution in [-0.2, 0) is 6.18 Å². The summed E-state index contributed by atoms with van der Waals surface area (Å²) in [6.07, 6.45) is -2.50. The Bertz CT molecular complexity index is 793. The molecule has 0 radical (unpaired) electrons. The van der Waals surface area contributed by atoms with Crippen LogP contribution < -0.4 is 9.47 Å². The van der Waals surface area contributed by atoms with Crippen molar-refractivity contribution in [3.8, 4) is 11.5 Å². The summed E-state index contributed by atoms with van der Waals surface area (Å²) in [4.78, 5) is 2.27. The van der Waals surface area contributed by atoms with Gasteiger partial charge in [-0.1, -0.05) is 30.3 Å². The van der Waals surface area contributed by atoms with Crippen molar-refractivity contribution in [3.63, 3.8) is 0 Å². The summed E-state index contributed by atoms with van der Waals surface area (Å²) < 4.78 is 50.8. The fraction of sp³-hybridized carbons (Fsp3) is 0.429. The molecule has 2 aromatic carbocycles. The van der Waals surface area contributed by atoms with Crippen molar-refractivity contribution in [2.24, 2.45) is 0 Å². The number of ether oxygens (including phenoxy) is 2. The molecular formula is C21H22F3NO2. The van der Waals surface area contributed by atoms with Crippen LogP contribution in [0.3, 0.4) is 0 Å². The smallest absolute Gasteiger partial charge is 0.416 e. The Morgan fingerprint density at radius 3 is 2.67 bits per heavy atom. The Morgan fingerprint density at radius 1 is 1.04 bits per heavy atom. The predicted octanol–water partition coefficient (Wildman–Crippen LogP) is 4.72. The van der Waals surface area contributed by atoms with Crippen molar-refractivity contribution < 1.29 is 22.6 Å². The largest absolute Gasteiger partial charge is 0.486 e. The lowest BCUT2D eigenvalue weighted by Crippen LogP contribution is -2.44. The molecule has 2 aliphatic heterocycles. The molecule has 144 valence electrons. The number of rotatable bonds is 3. The predicted molar refractivity (Wildman–Crippen MR) is 96.2 cm³/mol. The lowest BCUT2D eigenvalue weighted by atomic mass is 9.89. The van der Waals surface area contributed by atoms with Crippen LogP contribution in [-0.4, -0.2) is 37.2 Å². The van der Waals surface area contributed by atoms with Crippen LogP contribution in [0.25, 0.3) is 0 Å². The zero-order chi connectivity index (χ0) is 18.9. The molecule has 2 aliphatic rings. The first kappa shape index (κ1) is 18.2. The van der Waals surface area contributed by atoms with Crippen LogP contribution in [0.1, 0.15) is 29.9 Å². The quantitative estimate of drug-likeness (QED) is 0.772. The monoisotopic (exact) mass is 377 g/mol. The molecule has 1 saturated heterocycles. The lowest BCUT2D eigenvalue weighted by Gasteiger charge is -2.36. The highest BCUT2D eigenvalue weighted by molar-refractivity contribution is 5.40. The van der Waals surface area contributed by atoms with Gasteiger partial charge in [0.25, 0.3) is 0 Å². The second-order valence-electron chi connectivity index (χ2n) is 7.22.